The fourth-order valence-corrected chi connectivity index (χ4v) is 2.63. The Bertz CT molecular complexity index is 645. The molecule has 0 atom stereocenters. The van der Waals surface area contributed by atoms with Crippen molar-refractivity contribution in [1.82, 2.24) is 9.55 Å². The van der Waals surface area contributed by atoms with Gasteiger partial charge in [0.05, 0.1) is 0 Å². The lowest BCUT2D eigenvalue weighted by Crippen LogP contribution is -2.06. The molecule has 1 aliphatic rings. The Balaban J connectivity index is 2.05. The van der Waals surface area contributed by atoms with Crippen LogP contribution in [0.25, 0.3) is 11.3 Å². The summed E-state index contributed by atoms with van der Waals surface area (Å²) in [7, 11) is 0. The minimum Gasteiger partial charge on any atom is -0.383 e. The van der Waals surface area contributed by atoms with Crippen molar-refractivity contribution in [2.24, 2.45) is 0 Å². The number of nitrogens with zero attached hydrogens (tertiary/aromatic N) is 2. The number of nitrogens with two attached hydrogens (primary N) is 1. The molecule has 1 fully saturated rings. The fraction of sp³-hybridized carbons (Fsp3) is 0.438. The van der Waals surface area contributed by atoms with Gasteiger partial charge in [-0.1, -0.05) is 25.1 Å². The number of alkyl halides is 2. The van der Waals surface area contributed by atoms with Crippen molar-refractivity contribution in [3.8, 4) is 11.3 Å². The molecule has 0 aliphatic heterocycles. The zero-order valence-corrected chi connectivity index (χ0v) is 12.0. The minimum atomic E-state index is -2.48. The number of nitrogen functional groups attached to an aromatic ring is 1. The molecule has 0 amide bonds. The number of halogens is 2. The Morgan fingerprint density at radius 3 is 2.76 bits per heavy atom. The molecule has 1 heterocycles. The molecular formula is C16H19F2N3. The quantitative estimate of drug-likeness (QED) is 0.889. The van der Waals surface area contributed by atoms with Crippen LogP contribution in [0.1, 0.15) is 49.9 Å². The monoisotopic (exact) mass is 291 g/mol. The van der Waals surface area contributed by atoms with Crippen LogP contribution in [0.2, 0.25) is 0 Å². The first-order valence-electron chi connectivity index (χ1n) is 7.36. The Labute approximate surface area is 122 Å². The Kier molecular flexibility index (Phi) is 3.66. The van der Waals surface area contributed by atoms with Crippen molar-refractivity contribution in [2.45, 2.75) is 45.1 Å². The molecule has 2 aromatic rings. The van der Waals surface area contributed by atoms with E-state index in [0.29, 0.717) is 23.0 Å². The molecule has 0 radical (unpaired) electrons. The predicted molar refractivity (Wildman–Crippen MR) is 79.3 cm³/mol. The van der Waals surface area contributed by atoms with Crippen molar-refractivity contribution in [2.75, 3.05) is 5.73 Å². The Morgan fingerprint density at radius 1 is 1.38 bits per heavy atom. The maximum Gasteiger partial charge on any atom is 0.263 e. The molecule has 1 saturated carbocycles. The second-order valence-electron chi connectivity index (χ2n) is 5.56. The average molecular weight is 291 g/mol. The highest BCUT2D eigenvalue weighted by Gasteiger charge is 2.30. The molecule has 0 saturated heterocycles. The number of rotatable bonds is 5. The van der Waals surface area contributed by atoms with Gasteiger partial charge in [0.25, 0.3) is 6.43 Å². The van der Waals surface area contributed by atoms with Gasteiger partial charge in [-0.2, -0.15) is 0 Å². The first kappa shape index (κ1) is 14.0. The maximum atomic E-state index is 12.8. The summed E-state index contributed by atoms with van der Waals surface area (Å²) in [6.45, 7) is 2.91. The topological polar surface area (TPSA) is 43.8 Å². The van der Waals surface area contributed by atoms with E-state index in [-0.39, 0.29) is 5.56 Å². The zero-order valence-electron chi connectivity index (χ0n) is 12.0. The average Bonchev–Trinajstić information content (AvgIpc) is 3.26. The van der Waals surface area contributed by atoms with Crippen molar-refractivity contribution < 1.29 is 8.78 Å². The number of benzene rings is 1. The van der Waals surface area contributed by atoms with Gasteiger partial charge in [0, 0.05) is 23.6 Å². The number of hydrogen-bond donors (Lipinski definition) is 1. The lowest BCUT2D eigenvalue weighted by atomic mass is 10.1. The summed E-state index contributed by atoms with van der Waals surface area (Å²) in [5, 5.41) is 0. The summed E-state index contributed by atoms with van der Waals surface area (Å²) in [6, 6.07) is 6.33. The second kappa shape index (κ2) is 5.47. The van der Waals surface area contributed by atoms with Crippen LogP contribution in [-0.4, -0.2) is 9.55 Å². The molecule has 112 valence electrons. The summed E-state index contributed by atoms with van der Waals surface area (Å²) < 4.78 is 27.7. The number of imidazole rings is 1. The van der Waals surface area contributed by atoms with Crippen molar-refractivity contribution in [3.05, 3.63) is 35.7 Å². The SMILES string of the molecule is CCCn1c(C2CC2)nc(-c2cccc(C(F)F)c2)c1N. The molecule has 1 aromatic carbocycles. The van der Waals surface area contributed by atoms with Gasteiger partial charge >= 0.3 is 0 Å². The zero-order chi connectivity index (χ0) is 15.0. The molecule has 1 aromatic heterocycles. The van der Waals surface area contributed by atoms with Crippen molar-refractivity contribution >= 4 is 5.82 Å². The first-order chi connectivity index (χ1) is 10.1. The third-order valence-electron chi connectivity index (χ3n) is 3.84. The molecule has 3 nitrogen and oxygen atoms in total. The molecule has 0 spiro atoms. The van der Waals surface area contributed by atoms with Gasteiger partial charge in [-0.05, 0) is 25.3 Å². The van der Waals surface area contributed by atoms with Gasteiger partial charge < -0.3 is 10.3 Å². The smallest absolute Gasteiger partial charge is 0.263 e. The van der Waals surface area contributed by atoms with Gasteiger partial charge in [0.1, 0.15) is 17.3 Å². The molecule has 1 aliphatic carbocycles. The summed E-state index contributed by atoms with van der Waals surface area (Å²) >= 11 is 0. The lowest BCUT2D eigenvalue weighted by Gasteiger charge is -2.07. The van der Waals surface area contributed by atoms with E-state index < -0.39 is 6.43 Å². The van der Waals surface area contributed by atoms with Crippen molar-refractivity contribution in [3.63, 3.8) is 0 Å². The first-order valence-corrected chi connectivity index (χ1v) is 7.36. The van der Waals surface area contributed by atoms with Crippen molar-refractivity contribution in [1.29, 1.82) is 0 Å². The lowest BCUT2D eigenvalue weighted by molar-refractivity contribution is 0.151. The third-order valence-corrected chi connectivity index (χ3v) is 3.84. The van der Waals surface area contributed by atoms with E-state index in [1.165, 1.54) is 12.1 Å². The van der Waals surface area contributed by atoms with Crippen LogP contribution in [0, 0.1) is 0 Å². The maximum absolute atomic E-state index is 12.8. The van der Waals surface area contributed by atoms with E-state index in [0.717, 1.165) is 31.6 Å². The minimum absolute atomic E-state index is 0.00455. The predicted octanol–water partition coefficient (Wildman–Crippen LogP) is 4.36. The molecule has 21 heavy (non-hydrogen) atoms. The molecular weight excluding hydrogens is 272 g/mol. The largest absolute Gasteiger partial charge is 0.383 e. The van der Waals surface area contributed by atoms with E-state index in [1.807, 2.05) is 4.57 Å². The van der Waals surface area contributed by atoms with E-state index >= 15 is 0 Å². The van der Waals surface area contributed by atoms with E-state index in [1.54, 1.807) is 12.1 Å². The highest BCUT2D eigenvalue weighted by atomic mass is 19.3. The van der Waals surface area contributed by atoms with Crippen LogP contribution < -0.4 is 5.73 Å². The molecule has 0 unspecified atom stereocenters. The van der Waals surface area contributed by atoms with Crippen LogP contribution in [0.3, 0.4) is 0 Å². The van der Waals surface area contributed by atoms with Gasteiger partial charge in [-0.25, -0.2) is 13.8 Å². The second-order valence-corrected chi connectivity index (χ2v) is 5.56. The van der Waals surface area contributed by atoms with Crippen LogP contribution in [0.15, 0.2) is 24.3 Å². The van der Waals surface area contributed by atoms with Crippen LogP contribution in [0.5, 0.6) is 0 Å². The van der Waals surface area contributed by atoms with E-state index in [2.05, 4.69) is 11.9 Å². The molecule has 0 bridgehead atoms. The molecule has 5 heteroatoms. The van der Waals surface area contributed by atoms with Crippen LogP contribution >= 0.6 is 0 Å². The normalized spacial score (nSPS) is 14.9. The van der Waals surface area contributed by atoms with Gasteiger partial charge in [0.15, 0.2) is 0 Å². The third kappa shape index (κ3) is 2.64. The molecule has 2 N–H and O–H groups in total. The molecule has 3 rings (SSSR count). The van der Waals surface area contributed by atoms with Crippen LogP contribution in [-0.2, 0) is 6.54 Å². The summed E-state index contributed by atoms with van der Waals surface area (Å²) in [4.78, 5) is 4.65. The number of anilines is 1. The van der Waals surface area contributed by atoms with E-state index in [4.69, 9.17) is 5.73 Å². The highest BCUT2D eigenvalue weighted by molar-refractivity contribution is 5.71. The van der Waals surface area contributed by atoms with E-state index in [9.17, 15) is 8.78 Å². The van der Waals surface area contributed by atoms with Gasteiger partial charge in [-0.15, -0.1) is 0 Å². The Hall–Kier alpha value is -1.91. The summed E-state index contributed by atoms with van der Waals surface area (Å²) in [5.74, 6) is 2.07. The fourth-order valence-electron chi connectivity index (χ4n) is 2.63. The summed E-state index contributed by atoms with van der Waals surface area (Å²) in [6.07, 6.45) is 0.760. The number of aromatic nitrogens is 2. The van der Waals surface area contributed by atoms with Crippen LogP contribution in [0.4, 0.5) is 14.6 Å². The standard InChI is InChI=1S/C16H19F2N3/c1-2-8-21-15(19)13(20-16(21)10-6-7-10)11-4-3-5-12(9-11)14(17)18/h3-5,9-10,14H,2,6-8,19H2,1H3. The highest BCUT2D eigenvalue weighted by Crippen LogP contribution is 2.42. The van der Waals surface area contributed by atoms with Gasteiger partial charge in [-0.3, -0.25) is 0 Å². The summed E-state index contributed by atoms with van der Waals surface area (Å²) in [5.41, 5.74) is 7.53. The number of hydrogen-bond acceptors (Lipinski definition) is 2. The Morgan fingerprint density at radius 2 is 2.14 bits per heavy atom. The van der Waals surface area contributed by atoms with Gasteiger partial charge in [0.2, 0.25) is 0 Å².